The van der Waals surface area contributed by atoms with Gasteiger partial charge in [0.1, 0.15) is 17.2 Å². The Bertz CT molecular complexity index is 1420. The van der Waals surface area contributed by atoms with Crippen LogP contribution in [0.1, 0.15) is 10.4 Å². The van der Waals surface area contributed by atoms with E-state index in [1.165, 1.54) is 35.0 Å². The third-order valence-electron chi connectivity index (χ3n) is 4.53. The van der Waals surface area contributed by atoms with E-state index in [0.717, 1.165) is 22.8 Å². The van der Waals surface area contributed by atoms with Crippen LogP contribution >= 0.6 is 11.6 Å². The van der Waals surface area contributed by atoms with Gasteiger partial charge < -0.3 is 14.9 Å². The molecule has 2 heterocycles. The highest BCUT2D eigenvalue weighted by molar-refractivity contribution is 6.31. The minimum absolute atomic E-state index is 0.0356. The van der Waals surface area contributed by atoms with Gasteiger partial charge in [-0.2, -0.15) is 0 Å². The highest BCUT2D eigenvalue weighted by Gasteiger charge is 2.20. The molecular weight excluding hydrogens is 418 g/mol. The summed E-state index contributed by atoms with van der Waals surface area (Å²) >= 11 is 5.72. The lowest BCUT2D eigenvalue weighted by Crippen LogP contribution is -2.34. The van der Waals surface area contributed by atoms with Gasteiger partial charge in [0.2, 0.25) is 0 Å². The summed E-state index contributed by atoms with van der Waals surface area (Å²) in [7, 11) is 1.54. The van der Waals surface area contributed by atoms with Crippen molar-refractivity contribution in [1.82, 2.24) is 14.1 Å². The van der Waals surface area contributed by atoms with Crippen molar-refractivity contribution in [3.05, 3.63) is 91.7 Å². The maximum atomic E-state index is 13.3. The summed E-state index contributed by atoms with van der Waals surface area (Å²) in [5.41, 5.74) is -0.898. The first-order valence-electron chi connectivity index (χ1n) is 8.63. The van der Waals surface area contributed by atoms with E-state index < -0.39 is 28.8 Å². The predicted octanol–water partition coefficient (Wildman–Crippen LogP) is 3.20. The molecule has 2 aromatic heterocycles. The van der Waals surface area contributed by atoms with E-state index in [1.54, 1.807) is 7.05 Å². The van der Waals surface area contributed by atoms with Crippen LogP contribution in [0, 0.1) is 11.6 Å². The number of aromatic amines is 1. The molecule has 0 aliphatic heterocycles. The number of fused-ring (bicyclic) bond motifs is 1. The lowest BCUT2D eigenvalue weighted by atomic mass is 10.2. The van der Waals surface area contributed by atoms with Gasteiger partial charge >= 0.3 is 5.69 Å². The number of aryl methyl sites for hydroxylation is 1. The molecule has 0 atom stereocenters. The summed E-state index contributed by atoms with van der Waals surface area (Å²) in [4.78, 5) is 40.8. The summed E-state index contributed by atoms with van der Waals surface area (Å²) in [6.07, 6.45) is 1.39. The molecule has 1 amide bonds. The number of benzene rings is 2. The van der Waals surface area contributed by atoms with Crippen LogP contribution in [0.15, 0.2) is 58.3 Å². The van der Waals surface area contributed by atoms with Crippen molar-refractivity contribution in [3.8, 4) is 5.69 Å². The predicted molar refractivity (Wildman–Crippen MR) is 108 cm³/mol. The molecule has 0 radical (unpaired) electrons. The molecule has 0 spiro atoms. The number of carbonyl (C=O) groups excluding carboxylic acids is 1. The Labute approximate surface area is 172 Å². The van der Waals surface area contributed by atoms with Crippen molar-refractivity contribution in [2.24, 2.45) is 7.05 Å². The molecule has 4 aromatic rings. The van der Waals surface area contributed by atoms with Crippen LogP contribution in [0.4, 0.5) is 14.5 Å². The number of H-pyrrole nitrogens is 1. The summed E-state index contributed by atoms with van der Waals surface area (Å²) in [6.45, 7) is 0. The zero-order valence-corrected chi connectivity index (χ0v) is 16.1. The summed E-state index contributed by atoms with van der Waals surface area (Å²) in [5.74, 6) is -1.77. The van der Waals surface area contributed by atoms with Crippen LogP contribution in [-0.4, -0.2) is 20.0 Å². The van der Waals surface area contributed by atoms with Crippen molar-refractivity contribution >= 4 is 34.2 Å². The second kappa shape index (κ2) is 7.27. The summed E-state index contributed by atoms with van der Waals surface area (Å²) in [6, 6.07) is 8.52. The average molecular weight is 431 g/mol. The summed E-state index contributed by atoms with van der Waals surface area (Å²) < 4.78 is 28.8. The first kappa shape index (κ1) is 19.6. The molecule has 0 saturated heterocycles. The molecule has 152 valence electrons. The molecule has 0 aliphatic carbocycles. The number of rotatable bonds is 3. The lowest BCUT2D eigenvalue weighted by Gasteiger charge is -2.07. The van der Waals surface area contributed by atoms with Crippen LogP contribution in [-0.2, 0) is 7.05 Å². The zero-order valence-electron chi connectivity index (χ0n) is 15.4. The van der Waals surface area contributed by atoms with Crippen molar-refractivity contribution in [3.63, 3.8) is 0 Å². The van der Waals surface area contributed by atoms with Gasteiger partial charge in [-0.3, -0.25) is 9.59 Å². The van der Waals surface area contributed by atoms with Gasteiger partial charge in [0.15, 0.2) is 0 Å². The van der Waals surface area contributed by atoms with E-state index in [-0.39, 0.29) is 33.0 Å². The Morgan fingerprint density at radius 1 is 1.10 bits per heavy atom. The fourth-order valence-electron chi connectivity index (χ4n) is 3.14. The van der Waals surface area contributed by atoms with Gasteiger partial charge in [-0.15, -0.1) is 0 Å². The molecule has 0 saturated carbocycles. The maximum Gasteiger partial charge on any atom is 0.333 e. The third-order valence-corrected chi connectivity index (χ3v) is 4.82. The smallest absolute Gasteiger partial charge is 0.333 e. The molecule has 30 heavy (non-hydrogen) atoms. The van der Waals surface area contributed by atoms with E-state index >= 15 is 0 Å². The number of amides is 1. The van der Waals surface area contributed by atoms with Crippen LogP contribution in [0.3, 0.4) is 0 Å². The van der Waals surface area contributed by atoms with E-state index in [9.17, 15) is 23.2 Å². The molecule has 0 aliphatic rings. The number of anilines is 1. The molecule has 0 unspecified atom stereocenters. The highest BCUT2D eigenvalue weighted by Crippen LogP contribution is 2.21. The topological polar surface area (TPSA) is 88.9 Å². The average Bonchev–Trinajstić information content (AvgIpc) is 3.02. The molecule has 10 heteroatoms. The Morgan fingerprint density at radius 3 is 2.47 bits per heavy atom. The summed E-state index contributed by atoms with van der Waals surface area (Å²) in [5, 5.41) is 2.38. The van der Waals surface area contributed by atoms with Crippen LogP contribution in [0.25, 0.3) is 16.7 Å². The number of carbonyl (C=O) groups is 1. The van der Waals surface area contributed by atoms with Crippen LogP contribution in [0.5, 0.6) is 0 Å². The molecule has 0 bridgehead atoms. The normalized spacial score (nSPS) is 11.1. The first-order chi connectivity index (χ1) is 14.3. The highest BCUT2D eigenvalue weighted by atomic mass is 35.5. The third kappa shape index (κ3) is 3.29. The fourth-order valence-corrected chi connectivity index (χ4v) is 3.32. The van der Waals surface area contributed by atoms with E-state index in [2.05, 4.69) is 10.3 Å². The second-order valence-corrected chi connectivity index (χ2v) is 6.91. The lowest BCUT2D eigenvalue weighted by molar-refractivity contribution is 0.102. The van der Waals surface area contributed by atoms with Gasteiger partial charge in [0, 0.05) is 18.9 Å². The van der Waals surface area contributed by atoms with E-state index in [1.807, 2.05) is 0 Å². The number of nitrogens with one attached hydrogen (secondary N) is 2. The Hall–Kier alpha value is -3.72. The van der Waals surface area contributed by atoms with Gasteiger partial charge in [0.25, 0.3) is 11.5 Å². The number of nitrogens with zero attached hydrogens (tertiary/aromatic N) is 2. The van der Waals surface area contributed by atoms with Gasteiger partial charge in [0.05, 0.1) is 21.8 Å². The number of hydrogen-bond donors (Lipinski definition) is 2. The van der Waals surface area contributed by atoms with Gasteiger partial charge in [-0.05, 0) is 42.5 Å². The molecule has 4 rings (SSSR count). The number of hydrogen-bond acceptors (Lipinski definition) is 3. The standard InChI is InChI=1S/C20H13ClF2N4O3/c1-26-9-13(18(28)24-11-4-7-15(23)14(21)8-11)16-17(26)19(29)27(20(30)25-16)12-5-2-10(22)3-6-12/h2-9H,1H3,(H,24,28)(H,25,30). The number of aromatic nitrogens is 3. The fraction of sp³-hybridized carbons (Fsp3) is 0.0500. The monoisotopic (exact) mass is 430 g/mol. The van der Waals surface area contributed by atoms with Crippen molar-refractivity contribution < 1.29 is 13.6 Å². The zero-order chi connectivity index (χ0) is 21.6. The molecule has 7 nitrogen and oxygen atoms in total. The quantitative estimate of drug-likeness (QED) is 0.523. The largest absolute Gasteiger partial charge is 0.344 e. The minimum atomic E-state index is -0.788. The maximum absolute atomic E-state index is 13.3. The second-order valence-electron chi connectivity index (χ2n) is 6.51. The molecule has 0 fully saturated rings. The van der Waals surface area contributed by atoms with Crippen LogP contribution < -0.4 is 16.6 Å². The SMILES string of the molecule is Cn1cc(C(=O)Nc2ccc(F)c(Cl)c2)c2[nH]c(=O)n(-c3ccc(F)cc3)c(=O)c21. The number of halogens is 3. The van der Waals surface area contributed by atoms with Gasteiger partial charge in [-0.25, -0.2) is 18.1 Å². The van der Waals surface area contributed by atoms with Gasteiger partial charge in [-0.1, -0.05) is 11.6 Å². The molecule has 2 aromatic carbocycles. The van der Waals surface area contributed by atoms with E-state index in [0.29, 0.717) is 0 Å². The van der Waals surface area contributed by atoms with Crippen molar-refractivity contribution in [1.29, 1.82) is 0 Å². The first-order valence-corrected chi connectivity index (χ1v) is 9.01. The Kier molecular flexibility index (Phi) is 4.75. The van der Waals surface area contributed by atoms with E-state index in [4.69, 9.17) is 11.6 Å². The Morgan fingerprint density at radius 2 is 1.80 bits per heavy atom. The molecular formula is C20H13ClF2N4O3. The molecule has 2 N–H and O–H groups in total. The van der Waals surface area contributed by atoms with Crippen molar-refractivity contribution in [2.45, 2.75) is 0 Å². The minimum Gasteiger partial charge on any atom is -0.344 e. The van der Waals surface area contributed by atoms with Crippen LogP contribution in [0.2, 0.25) is 5.02 Å². The Balaban J connectivity index is 1.82. The van der Waals surface area contributed by atoms with Crippen molar-refractivity contribution in [2.75, 3.05) is 5.32 Å².